The van der Waals surface area contributed by atoms with Crippen molar-refractivity contribution < 1.29 is 4.39 Å². The lowest BCUT2D eigenvalue weighted by molar-refractivity contribution is 0.628. The minimum absolute atomic E-state index is 0.257. The quantitative estimate of drug-likeness (QED) is 0.195. The molecule has 0 aromatic heterocycles. The average Bonchev–Trinajstić information content (AvgIpc) is 3.58. The Hall–Kier alpha value is -5.99. The van der Waals surface area contributed by atoms with E-state index in [1.165, 1.54) is 66.7 Å². The van der Waals surface area contributed by atoms with E-state index in [1.54, 1.807) is 12.1 Å². The van der Waals surface area contributed by atoms with Gasteiger partial charge in [0.15, 0.2) is 0 Å². The summed E-state index contributed by atoms with van der Waals surface area (Å²) >= 11 is 0. The van der Waals surface area contributed by atoms with Crippen molar-refractivity contribution in [3.05, 3.63) is 198 Å². The Kier molecular flexibility index (Phi) is 5.45. The summed E-state index contributed by atoms with van der Waals surface area (Å²) in [5.41, 5.74) is 12.8. The molecule has 8 aromatic carbocycles. The van der Waals surface area contributed by atoms with Crippen molar-refractivity contribution in [2.24, 2.45) is 0 Å². The lowest BCUT2D eigenvalue weighted by atomic mass is 9.69. The van der Waals surface area contributed by atoms with Crippen LogP contribution in [-0.2, 0) is 5.41 Å². The number of anilines is 3. The van der Waals surface area contributed by atoms with Gasteiger partial charge in [0.25, 0.3) is 0 Å². The zero-order chi connectivity index (χ0) is 31.1. The Morgan fingerprint density at radius 2 is 1.04 bits per heavy atom. The number of benzene rings is 8. The first-order chi connectivity index (χ1) is 23.2. The third-order valence-corrected chi connectivity index (χ3v) is 10.2. The molecule has 0 atom stereocenters. The van der Waals surface area contributed by atoms with Crippen LogP contribution in [0.1, 0.15) is 22.3 Å². The maximum absolute atomic E-state index is 14.6. The molecule has 0 saturated heterocycles. The van der Waals surface area contributed by atoms with Gasteiger partial charge in [-0.3, -0.25) is 0 Å². The van der Waals surface area contributed by atoms with Gasteiger partial charge in [0.2, 0.25) is 0 Å². The Morgan fingerprint density at radius 3 is 1.83 bits per heavy atom. The van der Waals surface area contributed by atoms with Crippen molar-refractivity contribution in [2.45, 2.75) is 5.41 Å². The molecule has 0 amide bonds. The molecule has 2 heteroatoms. The number of para-hydroxylation sites is 1. The largest absolute Gasteiger partial charge is 0.310 e. The standard InChI is InChI=1S/C45H28FN/c46-32-12-10-15-34(28-32)47(33-13-2-1-3-14-33)35-23-21-30-26-40-39-24-22-29-11-4-5-16-36(29)44(39)45(43(40)27-31(30)25-35)41-19-8-6-17-37(41)38-18-7-9-20-42(38)45/h1-28H. The molecule has 0 N–H and O–H groups in total. The molecule has 0 saturated carbocycles. The fraction of sp³-hybridized carbons (Fsp3) is 0.0222. The molecule has 0 bridgehead atoms. The highest BCUT2D eigenvalue weighted by Crippen LogP contribution is 2.64. The van der Waals surface area contributed by atoms with Gasteiger partial charge in [0.05, 0.1) is 5.41 Å². The predicted octanol–water partition coefficient (Wildman–Crippen LogP) is 11.9. The van der Waals surface area contributed by atoms with Crippen molar-refractivity contribution >= 4 is 38.6 Å². The number of nitrogens with zero attached hydrogens (tertiary/aromatic N) is 1. The summed E-state index contributed by atoms with van der Waals surface area (Å²) in [5, 5.41) is 4.87. The zero-order valence-electron chi connectivity index (χ0n) is 25.5. The van der Waals surface area contributed by atoms with Gasteiger partial charge < -0.3 is 4.90 Å². The van der Waals surface area contributed by atoms with Crippen LogP contribution < -0.4 is 4.90 Å². The van der Waals surface area contributed by atoms with Gasteiger partial charge in [0.1, 0.15) is 5.82 Å². The minimum Gasteiger partial charge on any atom is -0.310 e. The molecule has 1 spiro atoms. The highest BCUT2D eigenvalue weighted by molar-refractivity contribution is 6.06. The number of rotatable bonds is 3. The third kappa shape index (κ3) is 3.58. The summed E-state index contributed by atoms with van der Waals surface area (Å²) in [6.07, 6.45) is 0. The second-order valence-corrected chi connectivity index (χ2v) is 12.6. The first-order valence-electron chi connectivity index (χ1n) is 16.1. The fourth-order valence-electron chi connectivity index (χ4n) is 8.43. The van der Waals surface area contributed by atoms with Gasteiger partial charge in [0, 0.05) is 17.1 Å². The van der Waals surface area contributed by atoms with Crippen molar-refractivity contribution in [1.82, 2.24) is 0 Å². The molecule has 8 aromatic rings. The van der Waals surface area contributed by atoms with Crippen LogP contribution in [-0.4, -0.2) is 0 Å². The molecule has 10 rings (SSSR count). The SMILES string of the molecule is Fc1cccc(N(c2ccccc2)c2ccc3cc4c(cc3c2)C2(c3ccccc3-c3ccccc32)c2c-4ccc3ccccc23)c1. The second-order valence-electron chi connectivity index (χ2n) is 12.6. The number of halogens is 1. The lowest BCUT2D eigenvalue weighted by Gasteiger charge is -2.31. The van der Waals surface area contributed by atoms with E-state index in [0.717, 1.165) is 22.4 Å². The molecular formula is C45H28FN. The van der Waals surface area contributed by atoms with Gasteiger partial charge in [-0.1, -0.05) is 115 Å². The van der Waals surface area contributed by atoms with E-state index in [0.29, 0.717) is 0 Å². The molecule has 0 radical (unpaired) electrons. The van der Waals surface area contributed by atoms with E-state index < -0.39 is 5.41 Å². The number of fused-ring (bicyclic) bond motifs is 13. The van der Waals surface area contributed by atoms with Crippen LogP contribution in [0, 0.1) is 5.82 Å². The second kappa shape index (κ2) is 9.75. The molecule has 220 valence electrons. The number of hydrogen-bond donors (Lipinski definition) is 0. The molecule has 1 nitrogen and oxygen atoms in total. The molecular weight excluding hydrogens is 574 g/mol. The molecule has 0 unspecified atom stereocenters. The predicted molar refractivity (Wildman–Crippen MR) is 192 cm³/mol. The van der Waals surface area contributed by atoms with Crippen LogP contribution in [0.5, 0.6) is 0 Å². The summed E-state index contributed by atoms with van der Waals surface area (Å²) in [6, 6.07) is 59.8. The monoisotopic (exact) mass is 601 g/mol. The summed E-state index contributed by atoms with van der Waals surface area (Å²) < 4.78 is 14.6. The molecule has 2 aliphatic rings. The van der Waals surface area contributed by atoms with Crippen molar-refractivity contribution in [2.75, 3.05) is 4.90 Å². The van der Waals surface area contributed by atoms with Crippen LogP contribution >= 0.6 is 0 Å². The Morgan fingerprint density at radius 1 is 0.383 bits per heavy atom. The summed E-state index contributed by atoms with van der Waals surface area (Å²) in [5.74, 6) is -0.257. The average molecular weight is 602 g/mol. The molecule has 0 aliphatic heterocycles. The summed E-state index contributed by atoms with van der Waals surface area (Å²) in [7, 11) is 0. The van der Waals surface area contributed by atoms with Crippen LogP contribution in [0.2, 0.25) is 0 Å². The molecule has 0 heterocycles. The zero-order valence-corrected chi connectivity index (χ0v) is 25.5. The first-order valence-corrected chi connectivity index (χ1v) is 16.1. The van der Waals surface area contributed by atoms with Crippen LogP contribution in [0.4, 0.5) is 21.5 Å². The highest BCUT2D eigenvalue weighted by atomic mass is 19.1. The maximum Gasteiger partial charge on any atom is 0.125 e. The van der Waals surface area contributed by atoms with Crippen LogP contribution in [0.3, 0.4) is 0 Å². The topological polar surface area (TPSA) is 3.24 Å². The minimum atomic E-state index is -0.454. The third-order valence-electron chi connectivity index (χ3n) is 10.2. The van der Waals surface area contributed by atoms with Crippen LogP contribution in [0.25, 0.3) is 43.8 Å². The van der Waals surface area contributed by atoms with Gasteiger partial charge in [-0.05, 0) is 121 Å². The molecule has 47 heavy (non-hydrogen) atoms. The normalized spacial score (nSPS) is 13.4. The Labute approximate surface area is 272 Å². The van der Waals surface area contributed by atoms with Crippen LogP contribution in [0.15, 0.2) is 170 Å². The van der Waals surface area contributed by atoms with Crippen molar-refractivity contribution in [3.8, 4) is 22.3 Å². The van der Waals surface area contributed by atoms with E-state index >= 15 is 0 Å². The van der Waals surface area contributed by atoms with E-state index in [2.05, 4.69) is 132 Å². The first kappa shape index (κ1) is 26.2. The Bertz CT molecular complexity index is 2500. The van der Waals surface area contributed by atoms with Gasteiger partial charge in [-0.2, -0.15) is 0 Å². The smallest absolute Gasteiger partial charge is 0.125 e. The van der Waals surface area contributed by atoms with E-state index in [9.17, 15) is 4.39 Å². The summed E-state index contributed by atoms with van der Waals surface area (Å²) in [4.78, 5) is 2.13. The molecule has 2 aliphatic carbocycles. The van der Waals surface area contributed by atoms with Gasteiger partial charge >= 0.3 is 0 Å². The highest BCUT2D eigenvalue weighted by Gasteiger charge is 2.52. The van der Waals surface area contributed by atoms with Crippen molar-refractivity contribution in [1.29, 1.82) is 0 Å². The summed E-state index contributed by atoms with van der Waals surface area (Å²) in [6.45, 7) is 0. The maximum atomic E-state index is 14.6. The molecule has 0 fully saturated rings. The lowest BCUT2D eigenvalue weighted by Crippen LogP contribution is -2.26. The van der Waals surface area contributed by atoms with Gasteiger partial charge in [-0.15, -0.1) is 0 Å². The van der Waals surface area contributed by atoms with E-state index in [1.807, 2.05) is 24.3 Å². The van der Waals surface area contributed by atoms with E-state index in [4.69, 9.17) is 0 Å². The fourth-order valence-corrected chi connectivity index (χ4v) is 8.43. The number of hydrogen-bond acceptors (Lipinski definition) is 1. The Balaban J connectivity index is 1.29. The van der Waals surface area contributed by atoms with Gasteiger partial charge in [-0.25, -0.2) is 4.39 Å². The van der Waals surface area contributed by atoms with E-state index in [-0.39, 0.29) is 5.82 Å². The van der Waals surface area contributed by atoms with Crippen molar-refractivity contribution in [3.63, 3.8) is 0 Å².